The number of carbonyl (C=O) groups is 1. The van der Waals surface area contributed by atoms with Crippen LogP contribution in [-0.2, 0) is 11.3 Å². The second-order valence-corrected chi connectivity index (χ2v) is 5.91. The number of rotatable bonds is 6. The van der Waals surface area contributed by atoms with Gasteiger partial charge in [0.05, 0.1) is 11.8 Å². The first-order chi connectivity index (χ1) is 8.38. The van der Waals surface area contributed by atoms with E-state index in [4.69, 9.17) is 4.42 Å². The molecule has 0 bridgehead atoms. The van der Waals surface area contributed by atoms with Crippen molar-refractivity contribution in [2.24, 2.45) is 0 Å². The van der Waals surface area contributed by atoms with Crippen molar-refractivity contribution >= 4 is 17.7 Å². The van der Waals surface area contributed by atoms with Crippen molar-refractivity contribution in [1.82, 2.24) is 20.4 Å². The lowest BCUT2D eigenvalue weighted by molar-refractivity contribution is -0.120. The van der Waals surface area contributed by atoms with E-state index in [2.05, 4.69) is 15.5 Å². The maximum absolute atomic E-state index is 11.7. The van der Waals surface area contributed by atoms with Crippen molar-refractivity contribution in [3.05, 3.63) is 5.89 Å². The summed E-state index contributed by atoms with van der Waals surface area (Å²) in [7, 11) is 3.85. The summed E-state index contributed by atoms with van der Waals surface area (Å²) in [6.07, 6.45) is 0. The van der Waals surface area contributed by atoms with Gasteiger partial charge in [-0.05, 0) is 34.9 Å². The Morgan fingerprint density at radius 3 is 2.61 bits per heavy atom. The lowest BCUT2D eigenvalue weighted by Gasteiger charge is -2.12. The Morgan fingerprint density at radius 2 is 2.06 bits per heavy atom. The summed E-state index contributed by atoms with van der Waals surface area (Å²) in [6, 6.07) is 0.132. The molecule has 7 heteroatoms. The molecule has 1 aromatic rings. The third kappa shape index (κ3) is 5.05. The monoisotopic (exact) mass is 272 g/mol. The maximum Gasteiger partial charge on any atom is 0.277 e. The molecule has 0 unspecified atom stereocenters. The van der Waals surface area contributed by atoms with Crippen LogP contribution in [0.15, 0.2) is 9.64 Å². The number of thioether (sulfide) groups is 1. The molecule has 0 saturated carbocycles. The predicted octanol–water partition coefficient (Wildman–Crippen LogP) is 1.14. The molecule has 1 amide bonds. The smallest absolute Gasteiger partial charge is 0.277 e. The SMILES string of the molecule is CC(C)NC(=O)[C@H](C)Sc1nnc(CN(C)C)o1. The minimum atomic E-state index is -0.250. The highest BCUT2D eigenvalue weighted by Crippen LogP contribution is 2.22. The number of hydrogen-bond acceptors (Lipinski definition) is 6. The van der Waals surface area contributed by atoms with Gasteiger partial charge in [0.2, 0.25) is 11.8 Å². The van der Waals surface area contributed by atoms with Crippen molar-refractivity contribution in [2.75, 3.05) is 14.1 Å². The number of hydrogen-bond donors (Lipinski definition) is 1. The Labute approximate surface area is 112 Å². The lowest BCUT2D eigenvalue weighted by atomic mass is 10.3. The lowest BCUT2D eigenvalue weighted by Crippen LogP contribution is -2.35. The molecule has 102 valence electrons. The van der Waals surface area contributed by atoms with Gasteiger partial charge < -0.3 is 14.6 Å². The molecular formula is C11H20N4O2S. The van der Waals surface area contributed by atoms with Gasteiger partial charge in [-0.3, -0.25) is 4.79 Å². The zero-order valence-corrected chi connectivity index (χ0v) is 12.2. The number of nitrogens with one attached hydrogen (secondary N) is 1. The van der Waals surface area contributed by atoms with Crippen molar-refractivity contribution in [2.45, 2.75) is 43.8 Å². The quantitative estimate of drug-likeness (QED) is 0.783. The van der Waals surface area contributed by atoms with Crippen molar-refractivity contribution in [3.8, 4) is 0 Å². The summed E-state index contributed by atoms with van der Waals surface area (Å²) in [6.45, 7) is 6.27. The van der Waals surface area contributed by atoms with E-state index in [1.807, 2.05) is 39.8 Å². The summed E-state index contributed by atoms with van der Waals surface area (Å²) in [5.41, 5.74) is 0. The third-order valence-corrected chi connectivity index (χ3v) is 2.91. The van der Waals surface area contributed by atoms with E-state index in [9.17, 15) is 4.79 Å². The Bertz CT molecular complexity index is 392. The van der Waals surface area contributed by atoms with Gasteiger partial charge >= 0.3 is 0 Å². The van der Waals surface area contributed by atoms with E-state index < -0.39 is 0 Å². The van der Waals surface area contributed by atoms with Crippen LogP contribution in [0.4, 0.5) is 0 Å². The molecule has 0 aliphatic rings. The van der Waals surface area contributed by atoms with Gasteiger partial charge in [0, 0.05) is 6.04 Å². The van der Waals surface area contributed by atoms with E-state index in [0.717, 1.165) is 0 Å². The highest BCUT2D eigenvalue weighted by molar-refractivity contribution is 8.00. The largest absolute Gasteiger partial charge is 0.415 e. The zero-order valence-electron chi connectivity index (χ0n) is 11.4. The highest BCUT2D eigenvalue weighted by Gasteiger charge is 2.18. The van der Waals surface area contributed by atoms with Crippen molar-refractivity contribution < 1.29 is 9.21 Å². The van der Waals surface area contributed by atoms with Crippen LogP contribution >= 0.6 is 11.8 Å². The van der Waals surface area contributed by atoms with E-state index in [1.54, 1.807) is 0 Å². The van der Waals surface area contributed by atoms with E-state index in [-0.39, 0.29) is 17.2 Å². The van der Waals surface area contributed by atoms with E-state index >= 15 is 0 Å². The summed E-state index contributed by atoms with van der Waals surface area (Å²) in [4.78, 5) is 13.7. The molecule has 1 N–H and O–H groups in total. The predicted molar refractivity (Wildman–Crippen MR) is 70.3 cm³/mol. The van der Waals surface area contributed by atoms with Crippen LogP contribution in [0.2, 0.25) is 0 Å². The molecule has 0 aromatic carbocycles. The molecule has 0 saturated heterocycles. The van der Waals surface area contributed by atoms with E-state index in [1.165, 1.54) is 11.8 Å². The van der Waals surface area contributed by atoms with Gasteiger partial charge in [0.15, 0.2) is 0 Å². The van der Waals surface area contributed by atoms with Crippen LogP contribution in [0.25, 0.3) is 0 Å². The molecule has 0 radical (unpaired) electrons. The summed E-state index contributed by atoms with van der Waals surface area (Å²) < 4.78 is 5.44. The molecule has 1 heterocycles. The fourth-order valence-electron chi connectivity index (χ4n) is 1.23. The van der Waals surface area contributed by atoms with Crippen LogP contribution < -0.4 is 5.32 Å². The Hall–Kier alpha value is -1.08. The number of nitrogens with zero attached hydrogens (tertiary/aromatic N) is 3. The number of carbonyl (C=O) groups excluding carboxylic acids is 1. The fraction of sp³-hybridized carbons (Fsp3) is 0.727. The summed E-state index contributed by atoms with van der Waals surface area (Å²) in [5, 5.41) is 10.9. The Balaban J connectivity index is 2.51. The second-order valence-electron chi connectivity index (χ2n) is 4.62. The summed E-state index contributed by atoms with van der Waals surface area (Å²) in [5.74, 6) is 0.529. The third-order valence-electron chi connectivity index (χ3n) is 1.98. The topological polar surface area (TPSA) is 71.3 Å². The average Bonchev–Trinajstić information content (AvgIpc) is 2.63. The van der Waals surface area contributed by atoms with Gasteiger partial charge in [0.1, 0.15) is 0 Å². The number of amides is 1. The molecule has 1 aromatic heterocycles. The minimum Gasteiger partial charge on any atom is -0.415 e. The van der Waals surface area contributed by atoms with Gasteiger partial charge in [0.25, 0.3) is 5.22 Å². The number of aromatic nitrogens is 2. The molecule has 6 nitrogen and oxygen atoms in total. The first-order valence-electron chi connectivity index (χ1n) is 5.82. The average molecular weight is 272 g/mol. The molecule has 18 heavy (non-hydrogen) atoms. The first-order valence-corrected chi connectivity index (χ1v) is 6.70. The maximum atomic E-state index is 11.7. The van der Waals surface area contributed by atoms with Crippen LogP contribution in [0.5, 0.6) is 0 Å². The molecular weight excluding hydrogens is 252 g/mol. The molecule has 0 fully saturated rings. The highest BCUT2D eigenvalue weighted by atomic mass is 32.2. The fourth-order valence-corrected chi connectivity index (χ4v) is 1.94. The van der Waals surface area contributed by atoms with Crippen LogP contribution in [0.1, 0.15) is 26.7 Å². The molecule has 0 aliphatic heterocycles. The normalized spacial score (nSPS) is 13.1. The van der Waals surface area contributed by atoms with Crippen LogP contribution in [0.3, 0.4) is 0 Å². The van der Waals surface area contributed by atoms with Gasteiger partial charge in [-0.1, -0.05) is 11.8 Å². The van der Waals surface area contributed by atoms with Crippen LogP contribution in [-0.4, -0.2) is 46.4 Å². The molecule has 1 rings (SSSR count). The Kier molecular flexibility index (Phi) is 5.61. The van der Waals surface area contributed by atoms with Crippen LogP contribution in [0, 0.1) is 0 Å². The van der Waals surface area contributed by atoms with Crippen molar-refractivity contribution in [1.29, 1.82) is 0 Å². The van der Waals surface area contributed by atoms with Crippen molar-refractivity contribution in [3.63, 3.8) is 0 Å². The minimum absolute atomic E-state index is 0.0256. The standard InChI is InChI=1S/C11H20N4O2S/c1-7(2)12-10(16)8(3)18-11-14-13-9(17-11)6-15(4)5/h7-8H,6H2,1-5H3,(H,12,16)/t8-/m0/s1. The van der Waals surface area contributed by atoms with Gasteiger partial charge in [-0.25, -0.2) is 0 Å². The first kappa shape index (κ1) is 15.0. The van der Waals surface area contributed by atoms with E-state index in [0.29, 0.717) is 17.7 Å². The van der Waals surface area contributed by atoms with Gasteiger partial charge in [-0.2, -0.15) is 0 Å². The second kappa shape index (κ2) is 6.75. The molecule has 0 spiro atoms. The zero-order chi connectivity index (χ0) is 13.7. The van der Waals surface area contributed by atoms with Gasteiger partial charge in [-0.15, -0.1) is 10.2 Å². The Morgan fingerprint density at radius 1 is 1.39 bits per heavy atom. The molecule has 0 aliphatic carbocycles. The summed E-state index contributed by atoms with van der Waals surface area (Å²) >= 11 is 1.27. The molecule has 1 atom stereocenters.